The van der Waals surface area contributed by atoms with Crippen molar-refractivity contribution >= 4 is 17.9 Å². The van der Waals surface area contributed by atoms with Crippen LogP contribution in [0.2, 0.25) is 0 Å². The summed E-state index contributed by atoms with van der Waals surface area (Å²) in [5.74, 6) is -0.928. The van der Waals surface area contributed by atoms with Gasteiger partial charge < -0.3 is 14.2 Å². The molecule has 0 aliphatic carbocycles. The molecule has 0 bridgehead atoms. The van der Waals surface area contributed by atoms with E-state index in [0.29, 0.717) is 19.3 Å². The molecule has 0 aromatic rings. The van der Waals surface area contributed by atoms with Crippen LogP contribution in [0.15, 0.2) is 24.3 Å². The van der Waals surface area contributed by atoms with Gasteiger partial charge in [0.2, 0.25) is 0 Å². The Labute approximate surface area is 347 Å². The summed E-state index contributed by atoms with van der Waals surface area (Å²) >= 11 is 0. The van der Waals surface area contributed by atoms with E-state index < -0.39 is 6.10 Å². The van der Waals surface area contributed by atoms with Crippen LogP contribution in [-0.4, -0.2) is 37.2 Å². The van der Waals surface area contributed by atoms with Crippen molar-refractivity contribution in [2.24, 2.45) is 0 Å². The summed E-state index contributed by atoms with van der Waals surface area (Å²) in [5, 5.41) is 0. The molecule has 0 saturated heterocycles. The van der Waals surface area contributed by atoms with E-state index in [0.717, 1.165) is 70.6 Å². The van der Waals surface area contributed by atoms with Gasteiger partial charge in [0.25, 0.3) is 0 Å². The van der Waals surface area contributed by atoms with Gasteiger partial charge >= 0.3 is 17.9 Å². The maximum Gasteiger partial charge on any atom is 0.306 e. The summed E-state index contributed by atoms with van der Waals surface area (Å²) in [6.07, 6.45) is 50.3. The Morgan fingerprint density at radius 3 is 1.00 bits per heavy atom. The number of ether oxygens (including phenoxy) is 3. The summed E-state index contributed by atoms with van der Waals surface area (Å²) in [6.45, 7) is 6.58. The monoisotopic (exact) mass is 789 g/mol. The van der Waals surface area contributed by atoms with Gasteiger partial charge in [0.1, 0.15) is 13.2 Å². The van der Waals surface area contributed by atoms with Crippen LogP contribution in [0.5, 0.6) is 0 Å². The quantitative estimate of drug-likeness (QED) is 0.0265. The van der Waals surface area contributed by atoms with Crippen molar-refractivity contribution in [2.45, 2.75) is 264 Å². The third-order valence-electron chi connectivity index (χ3n) is 10.7. The van der Waals surface area contributed by atoms with Crippen molar-refractivity contribution in [2.75, 3.05) is 13.2 Å². The van der Waals surface area contributed by atoms with Gasteiger partial charge in [0.15, 0.2) is 6.10 Å². The molecule has 1 atom stereocenters. The molecule has 0 saturated carbocycles. The van der Waals surface area contributed by atoms with E-state index in [9.17, 15) is 14.4 Å². The SMILES string of the molecule is CCCCCC/C=C\CCCC(=O)OCC(COC(=O)CCCCCCCCCCCCCCCCC)OC(=O)CCCCC/C=C\CCCCCCCCC. The summed E-state index contributed by atoms with van der Waals surface area (Å²) < 4.78 is 16.7. The van der Waals surface area contributed by atoms with Crippen molar-refractivity contribution in [3.05, 3.63) is 24.3 Å². The van der Waals surface area contributed by atoms with E-state index in [-0.39, 0.29) is 31.1 Å². The zero-order valence-electron chi connectivity index (χ0n) is 37.4. The number of carbonyl (C=O) groups is 3. The first kappa shape index (κ1) is 53.9. The largest absolute Gasteiger partial charge is 0.462 e. The predicted octanol–water partition coefficient (Wildman–Crippen LogP) is 15.6. The van der Waals surface area contributed by atoms with Crippen LogP contribution in [0, 0.1) is 0 Å². The fraction of sp³-hybridized carbons (Fsp3) is 0.860. The second-order valence-corrected chi connectivity index (χ2v) is 16.4. The maximum absolute atomic E-state index is 12.7. The molecule has 0 rings (SSSR count). The Kier molecular flexibility index (Phi) is 43.9. The van der Waals surface area contributed by atoms with Gasteiger partial charge in [-0.1, -0.05) is 199 Å². The van der Waals surface area contributed by atoms with Gasteiger partial charge in [-0.2, -0.15) is 0 Å². The highest BCUT2D eigenvalue weighted by atomic mass is 16.6. The smallest absolute Gasteiger partial charge is 0.306 e. The van der Waals surface area contributed by atoms with Crippen molar-refractivity contribution in [3.63, 3.8) is 0 Å². The molecule has 0 aromatic heterocycles. The molecule has 0 fully saturated rings. The summed E-state index contributed by atoms with van der Waals surface area (Å²) in [4.78, 5) is 37.7. The molecule has 0 aliphatic heterocycles. The topological polar surface area (TPSA) is 78.9 Å². The molecule has 0 aromatic carbocycles. The summed E-state index contributed by atoms with van der Waals surface area (Å²) in [5.41, 5.74) is 0. The highest BCUT2D eigenvalue weighted by molar-refractivity contribution is 5.71. The standard InChI is InChI=1S/C50H92O6/c1-4-7-10-13-16-19-21-23-25-27-28-31-34-37-40-43-49(52)55-46-47(45-54-48(51)42-39-36-33-30-18-15-12-9-6-3)56-50(53)44-41-38-35-32-29-26-24-22-20-17-14-11-8-5-2/h26,29-30,33,47H,4-25,27-28,31-32,34-46H2,1-3H3/b29-26-,33-30-. The van der Waals surface area contributed by atoms with Crippen molar-refractivity contribution in [1.82, 2.24) is 0 Å². The first-order chi connectivity index (χ1) is 27.5. The van der Waals surface area contributed by atoms with Gasteiger partial charge in [-0.25, -0.2) is 0 Å². The normalized spacial score (nSPS) is 12.1. The number of esters is 3. The Balaban J connectivity index is 4.35. The van der Waals surface area contributed by atoms with Gasteiger partial charge in [-0.05, 0) is 64.2 Å². The van der Waals surface area contributed by atoms with E-state index in [1.54, 1.807) is 0 Å². The summed E-state index contributed by atoms with van der Waals surface area (Å²) in [7, 11) is 0. The van der Waals surface area contributed by atoms with Crippen LogP contribution in [0.1, 0.15) is 258 Å². The van der Waals surface area contributed by atoms with E-state index in [1.807, 2.05) is 0 Å². The average Bonchev–Trinajstić information content (AvgIpc) is 3.19. The molecule has 0 N–H and O–H groups in total. The first-order valence-electron chi connectivity index (χ1n) is 24.3. The minimum absolute atomic E-state index is 0.0824. The van der Waals surface area contributed by atoms with Crippen molar-refractivity contribution < 1.29 is 28.6 Å². The van der Waals surface area contributed by atoms with Gasteiger partial charge in [0.05, 0.1) is 0 Å². The van der Waals surface area contributed by atoms with Gasteiger partial charge in [-0.3, -0.25) is 14.4 Å². The van der Waals surface area contributed by atoms with Crippen LogP contribution in [0.3, 0.4) is 0 Å². The maximum atomic E-state index is 12.7. The fourth-order valence-corrected chi connectivity index (χ4v) is 6.97. The van der Waals surface area contributed by atoms with Crippen LogP contribution >= 0.6 is 0 Å². The molecule has 0 spiro atoms. The number of unbranched alkanes of at least 4 members (excludes halogenated alkanes) is 29. The molecule has 0 radical (unpaired) electrons. The molecule has 328 valence electrons. The molecule has 0 amide bonds. The van der Waals surface area contributed by atoms with Crippen LogP contribution in [-0.2, 0) is 28.6 Å². The van der Waals surface area contributed by atoms with Crippen LogP contribution in [0.25, 0.3) is 0 Å². The van der Waals surface area contributed by atoms with Crippen LogP contribution < -0.4 is 0 Å². The second-order valence-electron chi connectivity index (χ2n) is 16.4. The van der Waals surface area contributed by atoms with Crippen LogP contribution in [0.4, 0.5) is 0 Å². The first-order valence-corrected chi connectivity index (χ1v) is 24.3. The molecule has 1 unspecified atom stereocenters. The Bertz CT molecular complexity index is 911. The van der Waals surface area contributed by atoms with E-state index in [4.69, 9.17) is 14.2 Å². The second kappa shape index (κ2) is 45.6. The lowest BCUT2D eigenvalue weighted by Crippen LogP contribution is -2.30. The lowest BCUT2D eigenvalue weighted by atomic mass is 10.0. The third kappa shape index (κ3) is 43.0. The highest BCUT2D eigenvalue weighted by Gasteiger charge is 2.19. The van der Waals surface area contributed by atoms with E-state index in [2.05, 4.69) is 45.1 Å². The number of hydrogen-bond acceptors (Lipinski definition) is 6. The number of allylic oxidation sites excluding steroid dienone is 4. The molecular weight excluding hydrogens is 697 g/mol. The summed E-state index contributed by atoms with van der Waals surface area (Å²) in [6, 6.07) is 0. The minimum atomic E-state index is -0.783. The molecule has 6 nitrogen and oxygen atoms in total. The lowest BCUT2D eigenvalue weighted by molar-refractivity contribution is -0.167. The number of rotatable bonds is 44. The Hall–Kier alpha value is -2.11. The highest BCUT2D eigenvalue weighted by Crippen LogP contribution is 2.15. The minimum Gasteiger partial charge on any atom is -0.462 e. The van der Waals surface area contributed by atoms with E-state index in [1.165, 1.54) is 148 Å². The van der Waals surface area contributed by atoms with Crippen molar-refractivity contribution in [3.8, 4) is 0 Å². The molecule has 6 heteroatoms. The molecule has 0 aliphatic rings. The Morgan fingerprint density at radius 2 is 0.607 bits per heavy atom. The van der Waals surface area contributed by atoms with E-state index >= 15 is 0 Å². The lowest BCUT2D eigenvalue weighted by Gasteiger charge is -2.18. The average molecular weight is 789 g/mol. The predicted molar refractivity (Wildman–Crippen MR) is 238 cm³/mol. The van der Waals surface area contributed by atoms with Gasteiger partial charge in [-0.15, -0.1) is 0 Å². The zero-order valence-corrected chi connectivity index (χ0v) is 37.4. The molecular formula is C50H92O6. The fourth-order valence-electron chi connectivity index (χ4n) is 6.97. The number of carbonyl (C=O) groups excluding carboxylic acids is 3. The number of hydrogen-bond donors (Lipinski definition) is 0. The third-order valence-corrected chi connectivity index (χ3v) is 10.7. The Morgan fingerprint density at radius 1 is 0.339 bits per heavy atom. The van der Waals surface area contributed by atoms with Gasteiger partial charge in [0, 0.05) is 19.3 Å². The molecule has 56 heavy (non-hydrogen) atoms. The molecule has 0 heterocycles. The van der Waals surface area contributed by atoms with Crippen molar-refractivity contribution in [1.29, 1.82) is 0 Å². The zero-order chi connectivity index (χ0) is 40.8.